The number of nitrogens with zero attached hydrogens (tertiary/aromatic N) is 2. The van der Waals surface area contributed by atoms with Crippen LogP contribution in [0.15, 0.2) is 30.5 Å². The normalized spacial score (nSPS) is 16.6. The van der Waals surface area contributed by atoms with Crippen LogP contribution in [0.25, 0.3) is 0 Å². The van der Waals surface area contributed by atoms with Crippen molar-refractivity contribution in [1.29, 1.82) is 0 Å². The summed E-state index contributed by atoms with van der Waals surface area (Å²) in [7, 11) is 3.17. The predicted octanol–water partition coefficient (Wildman–Crippen LogP) is 1.63. The molecule has 1 fully saturated rings. The fraction of sp³-hybridized carbons (Fsp3) is 0.474. The highest BCUT2D eigenvalue weighted by molar-refractivity contribution is 5.92. The molecule has 0 aliphatic carbocycles. The van der Waals surface area contributed by atoms with Gasteiger partial charge in [-0.15, -0.1) is 0 Å². The van der Waals surface area contributed by atoms with Gasteiger partial charge in [0, 0.05) is 30.9 Å². The zero-order valence-corrected chi connectivity index (χ0v) is 15.7. The second kappa shape index (κ2) is 9.27. The molecule has 2 aromatic rings. The van der Waals surface area contributed by atoms with Crippen molar-refractivity contribution in [2.75, 3.05) is 40.5 Å². The Kier molecular flexibility index (Phi) is 6.54. The Morgan fingerprint density at radius 3 is 2.67 bits per heavy atom. The number of hydrogen-bond donors (Lipinski definition) is 2. The van der Waals surface area contributed by atoms with E-state index in [1.807, 2.05) is 10.9 Å². The van der Waals surface area contributed by atoms with Gasteiger partial charge < -0.3 is 24.8 Å². The SMILES string of the molecule is COc1cc(OC)cc(OCCNC(=O)c2ccn(C3CCCNC3)n2)c1. The van der Waals surface area contributed by atoms with Crippen LogP contribution in [0.5, 0.6) is 17.2 Å². The van der Waals surface area contributed by atoms with Gasteiger partial charge in [-0.2, -0.15) is 5.10 Å². The molecular formula is C19H26N4O4. The number of hydrogen-bond acceptors (Lipinski definition) is 6. The van der Waals surface area contributed by atoms with Gasteiger partial charge in [0.25, 0.3) is 5.91 Å². The van der Waals surface area contributed by atoms with Crippen molar-refractivity contribution in [3.63, 3.8) is 0 Å². The van der Waals surface area contributed by atoms with Crippen molar-refractivity contribution in [3.8, 4) is 17.2 Å². The van der Waals surface area contributed by atoms with Crippen molar-refractivity contribution < 1.29 is 19.0 Å². The molecule has 2 heterocycles. The fourth-order valence-corrected chi connectivity index (χ4v) is 3.01. The Morgan fingerprint density at radius 1 is 1.26 bits per heavy atom. The fourth-order valence-electron chi connectivity index (χ4n) is 3.01. The van der Waals surface area contributed by atoms with Crippen molar-refractivity contribution in [2.24, 2.45) is 0 Å². The first-order valence-electron chi connectivity index (χ1n) is 9.09. The molecule has 1 saturated heterocycles. The zero-order valence-electron chi connectivity index (χ0n) is 15.7. The highest BCUT2D eigenvalue weighted by atomic mass is 16.5. The van der Waals surface area contributed by atoms with Crippen LogP contribution in [-0.4, -0.2) is 56.1 Å². The van der Waals surface area contributed by atoms with Crippen molar-refractivity contribution >= 4 is 5.91 Å². The predicted molar refractivity (Wildman–Crippen MR) is 101 cm³/mol. The van der Waals surface area contributed by atoms with E-state index in [0.29, 0.717) is 42.1 Å². The Bertz CT molecular complexity index is 734. The molecule has 0 radical (unpaired) electrons. The van der Waals surface area contributed by atoms with Crippen LogP contribution in [0.1, 0.15) is 29.4 Å². The zero-order chi connectivity index (χ0) is 19.1. The lowest BCUT2D eigenvalue weighted by Crippen LogP contribution is -2.32. The first-order valence-corrected chi connectivity index (χ1v) is 9.09. The number of benzene rings is 1. The molecule has 2 N–H and O–H groups in total. The minimum atomic E-state index is -0.204. The molecule has 0 spiro atoms. The number of carbonyl (C=O) groups excluding carboxylic acids is 1. The number of methoxy groups -OCH3 is 2. The van der Waals surface area contributed by atoms with Crippen LogP contribution in [-0.2, 0) is 0 Å². The summed E-state index contributed by atoms with van der Waals surface area (Å²) in [6.45, 7) is 2.64. The highest BCUT2D eigenvalue weighted by Gasteiger charge is 2.17. The van der Waals surface area contributed by atoms with Gasteiger partial charge in [-0.3, -0.25) is 9.48 Å². The molecule has 1 aliphatic rings. The number of aromatic nitrogens is 2. The smallest absolute Gasteiger partial charge is 0.271 e. The number of amides is 1. The summed E-state index contributed by atoms with van der Waals surface area (Å²) in [5.74, 6) is 1.71. The topological polar surface area (TPSA) is 86.6 Å². The van der Waals surface area contributed by atoms with E-state index in [0.717, 1.165) is 25.9 Å². The average Bonchev–Trinajstić information content (AvgIpc) is 3.22. The molecule has 1 unspecified atom stereocenters. The summed E-state index contributed by atoms with van der Waals surface area (Å²) in [5.41, 5.74) is 0.420. The van der Waals surface area contributed by atoms with Gasteiger partial charge in [-0.05, 0) is 25.5 Å². The summed E-state index contributed by atoms with van der Waals surface area (Å²) < 4.78 is 18.0. The minimum Gasteiger partial charge on any atom is -0.496 e. The first kappa shape index (κ1) is 19.0. The minimum absolute atomic E-state index is 0.204. The van der Waals surface area contributed by atoms with E-state index in [4.69, 9.17) is 14.2 Å². The van der Waals surface area contributed by atoms with Crippen LogP contribution >= 0.6 is 0 Å². The standard InChI is InChI=1S/C19H26N4O4/c1-25-15-10-16(26-2)12-17(11-15)27-9-7-21-19(24)18-5-8-23(22-18)14-4-3-6-20-13-14/h5,8,10-12,14,20H,3-4,6-7,9,13H2,1-2H3,(H,21,24). The lowest BCUT2D eigenvalue weighted by Gasteiger charge is -2.22. The van der Waals surface area contributed by atoms with Gasteiger partial charge >= 0.3 is 0 Å². The van der Waals surface area contributed by atoms with E-state index in [1.165, 1.54) is 0 Å². The molecule has 146 valence electrons. The van der Waals surface area contributed by atoms with Crippen LogP contribution in [0.3, 0.4) is 0 Å². The summed E-state index contributed by atoms with van der Waals surface area (Å²) in [5, 5.41) is 10.6. The van der Waals surface area contributed by atoms with Crippen LogP contribution in [0.2, 0.25) is 0 Å². The Balaban J connectivity index is 1.46. The second-order valence-electron chi connectivity index (χ2n) is 6.33. The third-order valence-corrected chi connectivity index (χ3v) is 4.47. The monoisotopic (exact) mass is 374 g/mol. The summed E-state index contributed by atoms with van der Waals surface area (Å²) >= 11 is 0. The third-order valence-electron chi connectivity index (χ3n) is 4.47. The van der Waals surface area contributed by atoms with E-state index in [2.05, 4.69) is 15.7 Å². The average molecular weight is 374 g/mol. The largest absolute Gasteiger partial charge is 0.496 e. The number of rotatable bonds is 8. The first-order chi connectivity index (χ1) is 13.2. The summed E-state index contributed by atoms with van der Waals surface area (Å²) in [6.07, 6.45) is 4.07. The van der Waals surface area contributed by atoms with Crippen LogP contribution in [0, 0.1) is 0 Å². The maximum absolute atomic E-state index is 12.3. The van der Waals surface area contributed by atoms with Gasteiger partial charge in [-0.1, -0.05) is 0 Å². The van der Waals surface area contributed by atoms with Gasteiger partial charge in [-0.25, -0.2) is 0 Å². The van der Waals surface area contributed by atoms with Gasteiger partial charge in [0.15, 0.2) is 0 Å². The molecule has 27 heavy (non-hydrogen) atoms. The number of ether oxygens (including phenoxy) is 3. The Morgan fingerprint density at radius 2 is 2.00 bits per heavy atom. The number of piperidine rings is 1. The van der Waals surface area contributed by atoms with E-state index >= 15 is 0 Å². The molecular weight excluding hydrogens is 348 g/mol. The molecule has 1 aromatic heterocycles. The van der Waals surface area contributed by atoms with Crippen LogP contribution < -0.4 is 24.8 Å². The summed E-state index contributed by atoms with van der Waals surface area (Å²) in [6, 6.07) is 7.37. The van der Waals surface area contributed by atoms with E-state index in [9.17, 15) is 4.79 Å². The molecule has 3 rings (SSSR count). The van der Waals surface area contributed by atoms with E-state index < -0.39 is 0 Å². The molecule has 1 atom stereocenters. The number of nitrogens with one attached hydrogen (secondary N) is 2. The third kappa shape index (κ3) is 5.13. The maximum Gasteiger partial charge on any atom is 0.271 e. The van der Waals surface area contributed by atoms with Crippen molar-refractivity contribution in [3.05, 3.63) is 36.2 Å². The molecule has 1 aliphatic heterocycles. The molecule has 8 heteroatoms. The molecule has 0 bridgehead atoms. The lowest BCUT2D eigenvalue weighted by atomic mass is 10.1. The number of carbonyl (C=O) groups is 1. The van der Waals surface area contributed by atoms with Crippen LogP contribution in [0.4, 0.5) is 0 Å². The van der Waals surface area contributed by atoms with Gasteiger partial charge in [0.1, 0.15) is 29.5 Å². The highest BCUT2D eigenvalue weighted by Crippen LogP contribution is 2.27. The molecule has 1 aromatic carbocycles. The lowest BCUT2D eigenvalue weighted by molar-refractivity contribution is 0.0940. The van der Waals surface area contributed by atoms with Gasteiger partial charge in [0.2, 0.25) is 0 Å². The van der Waals surface area contributed by atoms with E-state index in [-0.39, 0.29) is 5.91 Å². The molecule has 8 nitrogen and oxygen atoms in total. The quantitative estimate of drug-likeness (QED) is 0.683. The van der Waals surface area contributed by atoms with Gasteiger partial charge in [0.05, 0.1) is 26.8 Å². The second-order valence-corrected chi connectivity index (χ2v) is 6.33. The maximum atomic E-state index is 12.3. The molecule has 1 amide bonds. The summed E-state index contributed by atoms with van der Waals surface area (Å²) in [4.78, 5) is 12.3. The van der Waals surface area contributed by atoms with Crippen molar-refractivity contribution in [1.82, 2.24) is 20.4 Å². The van der Waals surface area contributed by atoms with Crippen molar-refractivity contribution in [2.45, 2.75) is 18.9 Å². The Labute approximate surface area is 158 Å². The van der Waals surface area contributed by atoms with E-state index in [1.54, 1.807) is 38.5 Å². The molecule has 0 saturated carbocycles. The Hall–Kier alpha value is -2.74.